The molecule has 0 N–H and O–H groups in total. The van der Waals surface area contributed by atoms with Gasteiger partial charge in [-0.1, -0.05) is 0 Å². The van der Waals surface area contributed by atoms with Crippen molar-refractivity contribution in [3.8, 4) is 0 Å². The summed E-state index contributed by atoms with van der Waals surface area (Å²) in [5.41, 5.74) is 4.35. The summed E-state index contributed by atoms with van der Waals surface area (Å²) in [4.78, 5) is 11.5. The van der Waals surface area contributed by atoms with Gasteiger partial charge in [0.15, 0.2) is 0 Å². The number of hydrogen-bond donors (Lipinski definition) is 0. The molecular weight excluding hydrogens is 402 g/mol. The maximum absolute atomic E-state index is 11.5. The van der Waals surface area contributed by atoms with Crippen molar-refractivity contribution in [2.45, 2.75) is 19.8 Å². The Labute approximate surface area is 111 Å². The first-order valence-corrected chi connectivity index (χ1v) is 6.41. The summed E-state index contributed by atoms with van der Waals surface area (Å²) in [5, 5.41) is 0. The summed E-state index contributed by atoms with van der Waals surface area (Å²) in [6, 6.07) is 0. The van der Waals surface area contributed by atoms with Crippen LogP contribution in [-0.2, 0) is 12.3 Å². The van der Waals surface area contributed by atoms with Gasteiger partial charge in [0.25, 0.3) is 0 Å². The third-order valence-electron chi connectivity index (χ3n) is 2.89. The van der Waals surface area contributed by atoms with Gasteiger partial charge in [-0.05, 0) is 0 Å². The monoisotopic (exact) mass is 415 g/mol. The van der Waals surface area contributed by atoms with Crippen LogP contribution in [0.2, 0.25) is 0 Å². The van der Waals surface area contributed by atoms with Crippen LogP contribution in [0, 0.1) is 25.2 Å². The van der Waals surface area contributed by atoms with E-state index in [-0.39, 0.29) is 5.97 Å². The van der Waals surface area contributed by atoms with Gasteiger partial charge in [-0.25, -0.2) is 0 Å². The van der Waals surface area contributed by atoms with E-state index in [0.717, 1.165) is 30.6 Å². The molecule has 0 aromatic rings. The Kier molecular flexibility index (Phi) is 3.93. The van der Waals surface area contributed by atoms with E-state index in [9.17, 15) is 4.79 Å². The molecule has 0 spiro atoms. The molecule has 86 valence electrons. The van der Waals surface area contributed by atoms with Gasteiger partial charge in [-0.2, -0.15) is 0 Å². The van der Waals surface area contributed by atoms with Crippen LogP contribution in [0.15, 0.2) is 34.4 Å². The summed E-state index contributed by atoms with van der Waals surface area (Å²) in [7, 11) is 0. The fourth-order valence-corrected chi connectivity index (χ4v) is 2.29. The van der Waals surface area contributed by atoms with Crippen molar-refractivity contribution in [2.75, 3.05) is 13.2 Å². The van der Waals surface area contributed by atoms with Crippen molar-refractivity contribution < 1.29 is 37.5 Å². The van der Waals surface area contributed by atoms with Crippen molar-refractivity contribution in [2.24, 2.45) is 0 Å². The Morgan fingerprint density at radius 3 is 3.06 bits per heavy atom. The van der Waals surface area contributed by atoms with Gasteiger partial charge >= 0.3 is 111 Å². The maximum atomic E-state index is 11.5. The molecule has 0 amide bonds. The number of fused-ring (bicyclic) bond motifs is 1. The number of carbonyl (C=O) groups excluding carboxylic acids is 1. The summed E-state index contributed by atoms with van der Waals surface area (Å²) in [6.45, 7) is 3.25. The van der Waals surface area contributed by atoms with E-state index >= 15 is 0 Å². The Balaban J connectivity index is 2.23. The van der Waals surface area contributed by atoms with Gasteiger partial charge < -0.3 is 0 Å². The molecular formula is C12H13AtO3. The summed E-state index contributed by atoms with van der Waals surface area (Å²) >= 11 is 1.33. The molecule has 0 bridgehead atoms. The average Bonchev–Trinajstić information content (AvgIpc) is 2.55. The van der Waals surface area contributed by atoms with Gasteiger partial charge in [-0.15, -0.1) is 0 Å². The number of esters is 1. The molecule has 0 radical (unpaired) electrons. The van der Waals surface area contributed by atoms with Crippen molar-refractivity contribution in [3.05, 3.63) is 34.4 Å². The number of carbonyl (C=O) groups is 1. The van der Waals surface area contributed by atoms with Gasteiger partial charge in [0.2, 0.25) is 0 Å². The SMILES string of the molecule is CC1=C2COC(=O)C2=CC=C(CCO[At])C1. The molecule has 0 atom stereocenters. The Morgan fingerprint density at radius 2 is 2.31 bits per heavy atom. The second kappa shape index (κ2) is 5.24. The third kappa shape index (κ3) is 2.44. The van der Waals surface area contributed by atoms with E-state index < -0.39 is 0 Å². The first-order chi connectivity index (χ1) is 7.72. The molecule has 1 aliphatic carbocycles. The molecule has 0 aromatic carbocycles. The Morgan fingerprint density at radius 1 is 1.50 bits per heavy atom. The third-order valence-corrected chi connectivity index (χ3v) is 3.49. The number of cyclic esters (lactones) is 1. The number of ether oxygens (including phenoxy) is 1. The van der Waals surface area contributed by atoms with Crippen LogP contribution in [0.3, 0.4) is 0 Å². The van der Waals surface area contributed by atoms with Crippen LogP contribution >= 0.6 is 0 Å². The zero-order valence-corrected chi connectivity index (χ0v) is 12.0. The van der Waals surface area contributed by atoms with Crippen LogP contribution in [-0.4, -0.2) is 19.2 Å². The molecule has 4 heteroatoms. The van der Waals surface area contributed by atoms with E-state index in [0.29, 0.717) is 6.61 Å². The normalized spacial score (nSPS) is 20.0. The van der Waals surface area contributed by atoms with Gasteiger partial charge in [0, 0.05) is 0 Å². The van der Waals surface area contributed by atoms with Gasteiger partial charge in [0.1, 0.15) is 0 Å². The van der Waals surface area contributed by atoms with Crippen molar-refractivity contribution in [1.82, 2.24) is 0 Å². The summed E-state index contributed by atoms with van der Waals surface area (Å²) in [6.07, 6.45) is 5.77. The first kappa shape index (κ1) is 12.0. The van der Waals surface area contributed by atoms with E-state index in [1.165, 1.54) is 36.3 Å². The van der Waals surface area contributed by atoms with Crippen LogP contribution in [0.25, 0.3) is 0 Å². The van der Waals surface area contributed by atoms with E-state index in [2.05, 4.69) is 6.92 Å². The molecule has 1 aliphatic heterocycles. The number of rotatable bonds is 3. The summed E-state index contributed by atoms with van der Waals surface area (Å²) in [5.74, 6) is -0.193. The fourth-order valence-electron chi connectivity index (χ4n) is 1.99. The minimum atomic E-state index is -0.193. The average molecular weight is 415 g/mol. The molecule has 1 fully saturated rings. The van der Waals surface area contributed by atoms with E-state index in [4.69, 9.17) is 7.55 Å². The number of allylic oxidation sites excluding steroid dienone is 3. The summed E-state index contributed by atoms with van der Waals surface area (Å²) < 4.78 is 10.1. The topological polar surface area (TPSA) is 35.5 Å². The van der Waals surface area contributed by atoms with Gasteiger partial charge in [0.05, 0.1) is 0 Å². The van der Waals surface area contributed by atoms with E-state index in [1.54, 1.807) is 0 Å². The first-order valence-electron chi connectivity index (χ1n) is 5.21. The van der Waals surface area contributed by atoms with Crippen molar-refractivity contribution >= 4 is 5.97 Å². The van der Waals surface area contributed by atoms with Crippen LogP contribution in [0.1, 0.15) is 19.8 Å². The predicted molar refractivity (Wildman–Crippen MR) is 55.0 cm³/mol. The molecule has 0 aromatic heterocycles. The Hall–Kier alpha value is -0.467. The minimum absolute atomic E-state index is 0.193. The van der Waals surface area contributed by atoms with Gasteiger partial charge in [-0.3, -0.25) is 0 Å². The fraction of sp³-hybridized carbons (Fsp3) is 0.417. The van der Waals surface area contributed by atoms with E-state index in [1.807, 2.05) is 12.2 Å². The predicted octanol–water partition coefficient (Wildman–Crippen LogP) is 1.99. The second-order valence-corrected chi connectivity index (χ2v) is 4.83. The Bertz CT molecular complexity index is 404. The molecule has 3 nitrogen and oxygen atoms in total. The molecule has 0 saturated carbocycles. The van der Waals surface area contributed by atoms with Crippen molar-refractivity contribution in [3.63, 3.8) is 0 Å². The molecule has 1 saturated heterocycles. The molecule has 0 unspecified atom stereocenters. The molecule has 1 heterocycles. The van der Waals surface area contributed by atoms with Crippen LogP contribution in [0.5, 0.6) is 0 Å². The molecule has 2 aliphatic rings. The van der Waals surface area contributed by atoms with Crippen molar-refractivity contribution in [1.29, 1.82) is 0 Å². The zero-order valence-electron chi connectivity index (χ0n) is 9.09. The standard InChI is InChI=1S/C12H13AtO3/c1-8-6-9(4-5-16-13)2-3-10-11(8)7-15-12(10)14/h2-3H,4-7H2,1H3. The zero-order chi connectivity index (χ0) is 11.5. The quantitative estimate of drug-likeness (QED) is 0.662. The van der Waals surface area contributed by atoms with Crippen LogP contribution in [0.4, 0.5) is 0 Å². The van der Waals surface area contributed by atoms with Crippen LogP contribution < -0.4 is 0 Å². The molecule has 16 heavy (non-hydrogen) atoms. The number of hydrogen-bond acceptors (Lipinski definition) is 3. The molecule has 2 rings (SSSR count). The second-order valence-electron chi connectivity index (χ2n) is 3.98.